The minimum atomic E-state index is -4.72. The minimum Gasteiger partial charge on any atom is -0.485 e. The number of alkyl halides is 3. The molecular weight excluding hydrogens is 225 g/mol. The summed E-state index contributed by atoms with van der Waals surface area (Å²) in [5.74, 6) is -1.15. The third-order valence-electron chi connectivity index (χ3n) is 1.19. The molecule has 0 amide bonds. The maximum atomic E-state index is 12.2. The molecule has 1 aliphatic heterocycles. The van der Waals surface area contributed by atoms with Crippen LogP contribution in [0.25, 0.3) is 0 Å². The molecule has 0 saturated heterocycles. The first-order chi connectivity index (χ1) is 6.41. The number of thioether (sulfide) groups is 1. The molecule has 0 aromatic carbocycles. The van der Waals surface area contributed by atoms with Crippen LogP contribution in [0.3, 0.4) is 0 Å². The zero-order valence-corrected chi connectivity index (χ0v) is 7.44. The molecule has 0 fully saturated rings. The molecule has 4 nitrogen and oxygen atoms in total. The van der Waals surface area contributed by atoms with E-state index in [0.717, 1.165) is 0 Å². The fourth-order valence-electron chi connectivity index (χ4n) is 0.755. The SMILES string of the molecule is O=C(O)OC1=C(C(F)(F)F)OCCS1. The summed E-state index contributed by atoms with van der Waals surface area (Å²) in [5, 5.41) is 7.40. The van der Waals surface area contributed by atoms with E-state index in [2.05, 4.69) is 9.47 Å². The highest BCUT2D eigenvalue weighted by Gasteiger charge is 2.42. The molecule has 14 heavy (non-hydrogen) atoms. The number of hydrogen-bond acceptors (Lipinski definition) is 4. The van der Waals surface area contributed by atoms with E-state index in [1.165, 1.54) is 0 Å². The van der Waals surface area contributed by atoms with E-state index in [9.17, 15) is 18.0 Å². The molecule has 0 aromatic rings. The maximum Gasteiger partial charge on any atom is 0.511 e. The topological polar surface area (TPSA) is 55.8 Å². The minimum absolute atomic E-state index is 0.119. The molecule has 80 valence electrons. The fraction of sp³-hybridized carbons (Fsp3) is 0.500. The van der Waals surface area contributed by atoms with Gasteiger partial charge in [0.1, 0.15) is 0 Å². The molecule has 0 saturated carbocycles. The van der Waals surface area contributed by atoms with Crippen LogP contribution in [0.1, 0.15) is 0 Å². The van der Waals surface area contributed by atoms with Gasteiger partial charge in [-0.05, 0) is 0 Å². The van der Waals surface area contributed by atoms with E-state index < -0.39 is 23.2 Å². The highest BCUT2D eigenvalue weighted by atomic mass is 32.2. The lowest BCUT2D eigenvalue weighted by Gasteiger charge is -2.20. The third-order valence-corrected chi connectivity index (χ3v) is 2.09. The third kappa shape index (κ3) is 2.72. The average Bonchev–Trinajstić information content (AvgIpc) is 2.01. The summed E-state index contributed by atoms with van der Waals surface area (Å²) in [4.78, 5) is 10.0. The summed E-state index contributed by atoms with van der Waals surface area (Å²) in [6, 6.07) is 0. The predicted molar refractivity (Wildman–Crippen MR) is 40.6 cm³/mol. The Balaban J connectivity index is 2.91. The van der Waals surface area contributed by atoms with Crippen molar-refractivity contribution in [1.29, 1.82) is 0 Å². The van der Waals surface area contributed by atoms with Crippen LogP contribution in [-0.4, -0.2) is 29.8 Å². The lowest BCUT2D eigenvalue weighted by atomic mass is 10.5. The van der Waals surface area contributed by atoms with E-state index in [4.69, 9.17) is 5.11 Å². The second kappa shape index (κ2) is 3.99. The molecule has 0 unspecified atom stereocenters. The van der Waals surface area contributed by atoms with Crippen molar-refractivity contribution in [3.8, 4) is 0 Å². The first-order valence-electron chi connectivity index (χ1n) is 3.39. The number of halogens is 3. The van der Waals surface area contributed by atoms with Gasteiger partial charge in [-0.2, -0.15) is 13.2 Å². The summed E-state index contributed by atoms with van der Waals surface area (Å²) in [6.07, 6.45) is -6.52. The monoisotopic (exact) mass is 230 g/mol. The highest BCUT2D eigenvalue weighted by Crippen LogP contribution is 2.37. The molecule has 1 aliphatic rings. The number of carboxylic acid groups (broad SMARTS) is 1. The van der Waals surface area contributed by atoms with Gasteiger partial charge in [0.2, 0.25) is 5.09 Å². The van der Waals surface area contributed by atoms with Crippen molar-refractivity contribution < 1.29 is 32.5 Å². The van der Waals surface area contributed by atoms with E-state index in [0.29, 0.717) is 11.8 Å². The molecule has 0 spiro atoms. The molecular formula is C6H5F3O4S. The van der Waals surface area contributed by atoms with Crippen LogP contribution in [-0.2, 0) is 9.47 Å². The van der Waals surface area contributed by atoms with E-state index in [1.807, 2.05) is 0 Å². The molecule has 8 heteroatoms. The summed E-state index contributed by atoms with van der Waals surface area (Å²) in [6.45, 7) is -0.119. The van der Waals surface area contributed by atoms with Crippen LogP contribution in [0.5, 0.6) is 0 Å². The number of carbonyl (C=O) groups is 1. The van der Waals surface area contributed by atoms with Gasteiger partial charge in [0.15, 0.2) is 0 Å². The van der Waals surface area contributed by atoms with E-state index in [-0.39, 0.29) is 12.4 Å². The zero-order valence-electron chi connectivity index (χ0n) is 6.63. The zero-order chi connectivity index (χ0) is 10.8. The van der Waals surface area contributed by atoms with Crippen LogP contribution >= 0.6 is 11.8 Å². The largest absolute Gasteiger partial charge is 0.511 e. The van der Waals surface area contributed by atoms with Gasteiger partial charge in [0, 0.05) is 5.75 Å². The van der Waals surface area contributed by atoms with Gasteiger partial charge in [0.05, 0.1) is 6.61 Å². The number of rotatable bonds is 1. The molecule has 0 aliphatic carbocycles. The number of hydrogen-bond donors (Lipinski definition) is 1. The Bertz CT molecular complexity index is 273. The normalized spacial score (nSPS) is 17.6. The Morgan fingerprint density at radius 2 is 2.21 bits per heavy atom. The average molecular weight is 230 g/mol. The van der Waals surface area contributed by atoms with Crippen molar-refractivity contribution in [2.24, 2.45) is 0 Å². The van der Waals surface area contributed by atoms with Gasteiger partial charge in [-0.25, -0.2) is 4.79 Å². The second-order valence-electron chi connectivity index (χ2n) is 2.18. The molecule has 0 aromatic heterocycles. The van der Waals surface area contributed by atoms with E-state index >= 15 is 0 Å². The molecule has 0 radical (unpaired) electrons. The van der Waals surface area contributed by atoms with Crippen molar-refractivity contribution in [2.75, 3.05) is 12.4 Å². The van der Waals surface area contributed by atoms with Gasteiger partial charge >= 0.3 is 12.3 Å². The van der Waals surface area contributed by atoms with Crippen LogP contribution < -0.4 is 0 Å². The van der Waals surface area contributed by atoms with Gasteiger partial charge in [-0.3, -0.25) is 0 Å². The van der Waals surface area contributed by atoms with Crippen LogP contribution in [0.4, 0.5) is 18.0 Å². The van der Waals surface area contributed by atoms with E-state index in [1.54, 1.807) is 0 Å². The summed E-state index contributed by atoms with van der Waals surface area (Å²) in [7, 11) is 0. The van der Waals surface area contributed by atoms with Gasteiger partial charge < -0.3 is 14.6 Å². The predicted octanol–water partition coefficient (Wildman–Crippen LogP) is 2.18. The first-order valence-corrected chi connectivity index (χ1v) is 4.37. The molecule has 1 rings (SSSR count). The number of allylic oxidation sites excluding steroid dienone is 1. The summed E-state index contributed by atoms with van der Waals surface area (Å²) < 4.78 is 44.8. The Kier molecular flexibility index (Phi) is 3.14. The Morgan fingerprint density at radius 3 is 2.71 bits per heavy atom. The second-order valence-corrected chi connectivity index (χ2v) is 3.25. The number of ether oxygens (including phenoxy) is 2. The Labute approximate surface area is 80.7 Å². The summed E-state index contributed by atoms with van der Waals surface area (Å²) >= 11 is 0.658. The van der Waals surface area contributed by atoms with Gasteiger partial charge in [-0.1, -0.05) is 11.8 Å². The molecule has 0 bridgehead atoms. The van der Waals surface area contributed by atoms with Crippen LogP contribution in [0.15, 0.2) is 10.9 Å². The van der Waals surface area contributed by atoms with Crippen molar-refractivity contribution in [1.82, 2.24) is 0 Å². The standard InChI is InChI=1S/C6H5F3O4S/c7-6(8,9)3-4(13-5(10)11)14-2-1-12-3/h1-2H2,(H,10,11). The Morgan fingerprint density at radius 1 is 1.57 bits per heavy atom. The van der Waals surface area contributed by atoms with Crippen molar-refractivity contribution in [3.05, 3.63) is 10.9 Å². The van der Waals surface area contributed by atoms with Crippen molar-refractivity contribution in [3.63, 3.8) is 0 Å². The van der Waals surface area contributed by atoms with Crippen molar-refractivity contribution >= 4 is 17.9 Å². The fourth-order valence-corrected chi connectivity index (χ4v) is 1.54. The molecule has 1 N–H and O–H groups in total. The Hall–Kier alpha value is -1.05. The molecule has 1 heterocycles. The van der Waals surface area contributed by atoms with Crippen LogP contribution in [0, 0.1) is 0 Å². The van der Waals surface area contributed by atoms with Gasteiger partial charge in [-0.15, -0.1) is 0 Å². The highest BCUT2D eigenvalue weighted by molar-refractivity contribution is 8.02. The molecule has 0 atom stereocenters. The summed E-state index contributed by atoms with van der Waals surface area (Å²) in [5.41, 5.74) is 0. The maximum absolute atomic E-state index is 12.2. The van der Waals surface area contributed by atoms with Gasteiger partial charge in [0.25, 0.3) is 5.76 Å². The van der Waals surface area contributed by atoms with Crippen molar-refractivity contribution in [2.45, 2.75) is 6.18 Å². The lowest BCUT2D eigenvalue weighted by molar-refractivity contribution is -0.133. The first kappa shape index (κ1) is 11.0. The van der Waals surface area contributed by atoms with Crippen LogP contribution in [0.2, 0.25) is 0 Å². The lowest BCUT2D eigenvalue weighted by Crippen LogP contribution is -2.22. The quantitative estimate of drug-likeness (QED) is 0.699. The smallest absolute Gasteiger partial charge is 0.485 e.